The van der Waals surface area contributed by atoms with Crippen molar-refractivity contribution in [1.29, 1.82) is 0 Å². The lowest BCUT2D eigenvalue weighted by Gasteiger charge is -2.29. The minimum Gasteiger partial charge on any atom is -0.352 e. The van der Waals surface area contributed by atoms with E-state index in [1.807, 2.05) is 12.1 Å². The summed E-state index contributed by atoms with van der Waals surface area (Å²) in [6.45, 7) is 4.13. The molecular formula is C19H17ClN2S. The van der Waals surface area contributed by atoms with Crippen LogP contribution in [0.5, 0.6) is 0 Å². The van der Waals surface area contributed by atoms with Crippen molar-refractivity contribution < 1.29 is 0 Å². The van der Waals surface area contributed by atoms with Gasteiger partial charge in [0.1, 0.15) is 5.84 Å². The highest BCUT2D eigenvalue weighted by Gasteiger charge is 2.22. The molecule has 2 heterocycles. The fraction of sp³-hybridized carbons (Fsp3) is 0.211. The van der Waals surface area contributed by atoms with Crippen LogP contribution in [-0.2, 0) is 0 Å². The van der Waals surface area contributed by atoms with Gasteiger partial charge in [-0.2, -0.15) is 0 Å². The van der Waals surface area contributed by atoms with Crippen molar-refractivity contribution in [2.75, 3.05) is 13.1 Å². The van der Waals surface area contributed by atoms with Gasteiger partial charge in [0.05, 0.1) is 5.69 Å². The van der Waals surface area contributed by atoms with Crippen LogP contribution in [-0.4, -0.2) is 23.8 Å². The topological polar surface area (TPSA) is 15.6 Å². The second-order valence-corrected chi connectivity index (χ2v) is 7.41. The van der Waals surface area contributed by atoms with Crippen LogP contribution in [0.25, 0.3) is 0 Å². The van der Waals surface area contributed by atoms with E-state index in [2.05, 4.69) is 48.2 Å². The predicted molar refractivity (Wildman–Crippen MR) is 98.2 cm³/mol. The summed E-state index contributed by atoms with van der Waals surface area (Å²) < 4.78 is 0. The van der Waals surface area contributed by atoms with Crippen LogP contribution in [0, 0.1) is 0 Å². The Labute approximate surface area is 145 Å². The highest BCUT2D eigenvalue weighted by atomic mass is 35.5. The zero-order chi connectivity index (χ0) is 15.8. The van der Waals surface area contributed by atoms with Gasteiger partial charge in [0.25, 0.3) is 0 Å². The van der Waals surface area contributed by atoms with Crippen molar-refractivity contribution in [2.24, 2.45) is 4.99 Å². The van der Waals surface area contributed by atoms with Crippen molar-refractivity contribution in [1.82, 2.24) is 4.90 Å². The molecular weight excluding hydrogens is 324 g/mol. The minimum atomic E-state index is 0.729. The van der Waals surface area contributed by atoms with Gasteiger partial charge in [-0.05, 0) is 37.6 Å². The maximum absolute atomic E-state index is 6.19. The van der Waals surface area contributed by atoms with Gasteiger partial charge >= 0.3 is 0 Å². The third-order valence-electron chi connectivity index (χ3n) is 4.23. The van der Waals surface area contributed by atoms with Crippen LogP contribution < -0.4 is 0 Å². The molecule has 0 aromatic heterocycles. The predicted octanol–water partition coefficient (Wildman–Crippen LogP) is 5.53. The van der Waals surface area contributed by atoms with Gasteiger partial charge in [0.2, 0.25) is 0 Å². The molecule has 0 fully saturated rings. The van der Waals surface area contributed by atoms with Crippen LogP contribution in [0.4, 0.5) is 5.69 Å². The minimum absolute atomic E-state index is 0.729. The molecule has 23 heavy (non-hydrogen) atoms. The number of halogens is 1. The number of aliphatic imine (C=N–C) groups is 1. The van der Waals surface area contributed by atoms with E-state index < -0.39 is 0 Å². The molecule has 0 amide bonds. The highest BCUT2D eigenvalue weighted by molar-refractivity contribution is 7.99. The number of rotatable bonds is 0. The molecule has 0 spiro atoms. The largest absolute Gasteiger partial charge is 0.352 e. The normalized spacial score (nSPS) is 16.9. The summed E-state index contributed by atoms with van der Waals surface area (Å²) in [5.74, 6) is 1.05. The zero-order valence-corrected chi connectivity index (χ0v) is 14.5. The van der Waals surface area contributed by atoms with Crippen molar-refractivity contribution in [3.05, 3.63) is 64.7 Å². The Hall–Kier alpha value is -1.71. The molecule has 0 unspecified atom stereocenters. The van der Waals surface area contributed by atoms with Gasteiger partial charge < -0.3 is 4.90 Å². The van der Waals surface area contributed by atoms with Crippen LogP contribution >= 0.6 is 23.4 Å². The molecule has 2 nitrogen and oxygen atoms in total. The van der Waals surface area contributed by atoms with E-state index in [9.17, 15) is 0 Å². The quantitative estimate of drug-likeness (QED) is 0.585. The number of hydrogen-bond donors (Lipinski definition) is 0. The fourth-order valence-electron chi connectivity index (χ4n) is 2.90. The second-order valence-electron chi connectivity index (χ2n) is 5.89. The molecule has 116 valence electrons. The molecule has 4 rings (SSSR count). The lowest BCUT2D eigenvalue weighted by Crippen LogP contribution is -2.35. The standard InChI is InChI=1S/C19H17ClN2S/c1-13-8-10-22(11-9-13)19-15-4-2-3-5-17(15)23-18-7-6-14(20)12-16(18)21-19/h2-8,12H,9-11H2,1H3. The van der Waals surface area contributed by atoms with Gasteiger partial charge in [-0.3, -0.25) is 0 Å². The van der Waals surface area contributed by atoms with Gasteiger partial charge in [-0.1, -0.05) is 53.2 Å². The molecule has 0 N–H and O–H groups in total. The fourth-order valence-corrected chi connectivity index (χ4v) is 4.07. The molecule has 0 radical (unpaired) electrons. The third-order valence-corrected chi connectivity index (χ3v) is 5.61. The number of hydrogen-bond acceptors (Lipinski definition) is 3. The first-order valence-electron chi connectivity index (χ1n) is 7.77. The second kappa shape index (κ2) is 6.06. The molecule has 0 atom stereocenters. The Morgan fingerprint density at radius 3 is 2.83 bits per heavy atom. The zero-order valence-electron chi connectivity index (χ0n) is 12.9. The Morgan fingerprint density at radius 2 is 2.00 bits per heavy atom. The first-order chi connectivity index (χ1) is 11.2. The molecule has 0 aliphatic carbocycles. The van der Waals surface area contributed by atoms with E-state index in [0.29, 0.717) is 0 Å². The Bertz CT molecular complexity index is 826. The van der Waals surface area contributed by atoms with E-state index in [0.717, 1.165) is 41.0 Å². The lowest BCUT2D eigenvalue weighted by atomic mass is 10.1. The van der Waals surface area contributed by atoms with Crippen molar-refractivity contribution >= 4 is 34.9 Å². The van der Waals surface area contributed by atoms with Crippen LogP contribution in [0.1, 0.15) is 18.9 Å². The van der Waals surface area contributed by atoms with Crippen molar-refractivity contribution in [3.8, 4) is 0 Å². The third kappa shape index (κ3) is 2.91. The Kier molecular flexibility index (Phi) is 3.92. The summed E-state index contributed by atoms with van der Waals surface area (Å²) in [6, 6.07) is 14.5. The first-order valence-corrected chi connectivity index (χ1v) is 8.96. The van der Waals surface area contributed by atoms with Crippen LogP contribution in [0.2, 0.25) is 5.02 Å². The summed E-state index contributed by atoms with van der Waals surface area (Å²) in [7, 11) is 0. The SMILES string of the molecule is CC1=CCN(C2=Nc3cc(Cl)ccc3Sc3ccccc32)CC1. The van der Waals surface area contributed by atoms with E-state index >= 15 is 0 Å². The molecule has 4 heteroatoms. The van der Waals surface area contributed by atoms with Gasteiger partial charge in [0, 0.05) is 33.5 Å². The first kappa shape index (κ1) is 14.9. The smallest absolute Gasteiger partial charge is 0.138 e. The van der Waals surface area contributed by atoms with E-state index in [1.54, 1.807) is 11.8 Å². The number of amidine groups is 1. The van der Waals surface area contributed by atoms with Crippen molar-refractivity contribution in [2.45, 2.75) is 23.1 Å². The Balaban J connectivity index is 1.86. The van der Waals surface area contributed by atoms with Crippen LogP contribution in [0.3, 0.4) is 0 Å². The van der Waals surface area contributed by atoms with Crippen LogP contribution in [0.15, 0.2) is 68.9 Å². The number of fused-ring (bicyclic) bond motifs is 2. The molecule has 2 aliphatic heterocycles. The average Bonchev–Trinajstić information content (AvgIpc) is 2.72. The average molecular weight is 341 g/mol. The summed E-state index contributed by atoms with van der Waals surface area (Å²) >= 11 is 7.96. The summed E-state index contributed by atoms with van der Waals surface area (Å²) in [5, 5.41) is 0.729. The highest BCUT2D eigenvalue weighted by Crippen LogP contribution is 2.41. The molecule has 0 bridgehead atoms. The molecule has 2 aliphatic rings. The maximum atomic E-state index is 6.19. The van der Waals surface area contributed by atoms with E-state index in [-0.39, 0.29) is 0 Å². The number of nitrogens with zero attached hydrogens (tertiary/aromatic N) is 2. The lowest BCUT2D eigenvalue weighted by molar-refractivity contribution is 0.445. The monoisotopic (exact) mass is 340 g/mol. The van der Waals surface area contributed by atoms with E-state index in [1.165, 1.54) is 16.0 Å². The number of benzene rings is 2. The summed E-state index contributed by atoms with van der Waals surface area (Å²) in [4.78, 5) is 9.76. The van der Waals surface area contributed by atoms with Crippen molar-refractivity contribution in [3.63, 3.8) is 0 Å². The Morgan fingerprint density at radius 1 is 1.13 bits per heavy atom. The molecule has 2 aromatic rings. The van der Waals surface area contributed by atoms with Gasteiger partial charge in [-0.25, -0.2) is 4.99 Å². The molecule has 0 saturated carbocycles. The summed E-state index contributed by atoms with van der Waals surface area (Å²) in [6.07, 6.45) is 3.39. The van der Waals surface area contributed by atoms with E-state index in [4.69, 9.17) is 16.6 Å². The molecule has 2 aromatic carbocycles. The maximum Gasteiger partial charge on any atom is 0.138 e. The van der Waals surface area contributed by atoms with Gasteiger partial charge in [0.15, 0.2) is 0 Å². The molecule has 0 saturated heterocycles. The van der Waals surface area contributed by atoms with Gasteiger partial charge in [-0.15, -0.1) is 0 Å². The summed E-state index contributed by atoms with van der Waals surface area (Å²) in [5.41, 5.74) is 3.62.